The predicted octanol–water partition coefficient (Wildman–Crippen LogP) is -0.534. The molecule has 2 N–H and O–H groups in total. The molecule has 0 spiro atoms. The second-order valence-electron chi connectivity index (χ2n) is 1.87. The van der Waals surface area contributed by atoms with Gasteiger partial charge in [0.2, 0.25) is 0 Å². The molecule has 0 radical (unpaired) electrons. The first kappa shape index (κ1) is 9.10. The number of rotatable bonds is 3. The van der Waals surface area contributed by atoms with Crippen molar-refractivity contribution in [2.24, 2.45) is 5.73 Å². The molecule has 0 amide bonds. The van der Waals surface area contributed by atoms with Gasteiger partial charge in [-0.1, -0.05) is 0 Å². The fourth-order valence-corrected chi connectivity index (χ4v) is 0.388. The van der Waals surface area contributed by atoms with Gasteiger partial charge in [0.15, 0.2) is 0 Å². The molecular formula is C6H11NO3. The van der Waals surface area contributed by atoms with Crippen LogP contribution in [0.5, 0.6) is 0 Å². The SMILES string of the molecule is CCOC(=O)C(=O)C(C)N. The Morgan fingerprint density at radius 1 is 1.60 bits per heavy atom. The summed E-state index contributed by atoms with van der Waals surface area (Å²) in [6.07, 6.45) is 0. The lowest BCUT2D eigenvalue weighted by atomic mass is 10.2. The summed E-state index contributed by atoms with van der Waals surface area (Å²) in [5.74, 6) is -1.53. The number of ketones is 1. The number of hydrogen-bond acceptors (Lipinski definition) is 4. The van der Waals surface area contributed by atoms with Crippen molar-refractivity contribution in [3.05, 3.63) is 0 Å². The lowest BCUT2D eigenvalue weighted by molar-refractivity contribution is -0.153. The molecule has 0 aromatic carbocycles. The van der Waals surface area contributed by atoms with Gasteiger partial charge in [0.25, 0.3) is 5.78 Å². The van der Waals surface area contributed by atoms with Gasteiger partial charge >= 0.3 is 5.97 Å². The van der Waals surface area contributed by atoms with Gasteiger partial charge in [-0.15, -0.1) is 0 Å². The van der Waals surface area contributed by atoms with E-state index in [4.69, 9.17) is 5.73 Å². The van der Waals surface area contributed by atoms with Gasteiger partial charge in [-0.2, -0.15) is 0 Å². The first-order valence-electron chi connectivity index (χ1n) is 3.06. The molecule has 0 bridgehead atoms. The molecule has 0 aliphatic carbocycles. The zero-order chi connectivity index (χ0) is 8.15. The minimum absolute atomic E-state index is 0.206. The monoisotopic (exact) mass is 145 g/mol. The van der Waals surface area contributed by atoms with Crippen molar-refractivity contribution in [1.29, 1.82) is 0 Å². The van der Waals surface area contributed by atoms with Gasteiger partial charge in [0.1, 0.15) is 0 Å². The Kier molecular flexibility index (Phi) is 3.64. The largest absolute Gasteiger partial charge is 0.460 e. The quantitative estimate of drug-likeness (QED) is 0.428. The van der Waals surface area contributed by atoms with Crippen molar-refractivity contribution < 1.29 is 14.3 Å². The molecule has 4 nitrogen and oxygen atoms in total. The fraction of sp³-hybridized carbons (Fsp3) is 0.667. The second kappa shape index (κ2) is 4.00. The molecule has 0 heterocycles. The van der Waals surface area contributed by atoms with Crippen LogP contribution in [-0.2, 0) is 14.3 Å². The van der Waals surface area contributed by atoms with E-state index in [0.29, 0.717) is 0 Å². The summed E-state index contributed by atoms with van der Waals surface area (Å²) >= 11 is 0. The van der Waals surface area contributed by atoms with E-state index in [-0.39, 0.29) is 6.61 Å². The van der Waals surface area contributed by atoms with Crippen LogP contribution in [0.3, 0.4) is 0 Å². The van der Waals surface area contributed by atoms with Crippen LogP contribution in [0.15, 0.2) is 0 Å². The van der Waals surface area contributed by atoms with Crippen LogP contribution in [0.4, 0.5) is 0 Å². The van der Waals surface area contributed by atoms with E-state index >= 15 is 0 Å². The zero-order valence-corrected chi connectivity index (χ0v) is 6.09. The van der Waals surface area contributed by atoms with Crippen LogP contribution in [0.1, 0.15) is 13.8 Å². The molecule has 0 aromatic heterocycles. The van der Waals surface area contributed by atoms with Crippen LogP contribution < -0.4 is 5.73 Å². The van der Waals surface area contributed by atoms with E-state index in [1.54, 1.807) is 6.92 Å². The lowest BCUT2D eigenvalue weighted by Crippen LogP contribution is -2.34. The van der Waals surface area contributed by atoms with E-state index < -0.39 is 17.8 Å². The molecule has 1 unspecified atom stereocenters. The summed E-state index contributed by atoms with van der Waals surface area (Å²) in [4.78, 5) is 21.2. The summed E-state index contributed by atoms with van der Waals surface area (Å²) in [6.45, 7) is 3.28. The van der Waals surface area contributed by atoms with Gasteiger partial charge in [-0.25, -0.2) is 4.79 Å². The molecule has 0 aromatic rings. The molecule has 0 aliphatic rings. The molecule has 0 fully saturated rings. The third-order valence-corrected chi connectivity index (χ3v) is 0.890. The number of carbonyl (C=O) groups is 2. The van der Waals surface area contributed by atoms with Crippen molar-refractivity contribution >= 4 is 11.8 Å². The molecule has 0 aliphatic heterocycles. The molecule has 58 valence electrons. The summed E-state index contributed by atoms with van der Waals surface area (Å²) in [7, 11) is 0. The molecule has 4 heteroatoms. The average molecular weight is 145 g/mol. The third kappa shape index (κ3) is 2.59. The Morgan fingerprint density at radius 3 is 2.40 bits per heavy atom. The second-order valence-corrected chi connectivity index (χ2v) is 1.87. The number of ether oxygens (including phenoxy) is 1. The normalized spacial score (nSPS) is 12.3. The van der Waals surface area contributed by atoms with Crippen molar-refractivity contribution in [2.45, 2.75) is 19.9 Å². The first-order valence-corrected chi connectivity index (χ1v) is 3.06. The first-order chi connectivity index (χ1) is 4.59. The molecule has 0 saturated heterocycles. The topological polar surface area (TPSA) is 69.4 Å². The van der Waals surface area contributed by atoms with E-state index in [9.17, 15) is 9.59 Å². The van der Waals surface area contributed by atoms with E-state index in [1.807, 2.05) is 0 Å². The van der Waals surface area contributed by atoms with Gasteiger partial charge in [-0.3, -0.25) is 4.79 Å². The highest BCUT2D eigenvalue weighted by Gasteiger charge is 2.18. The Balaban J connectivity index is 3.83. The van der Waals surface area contributed by atoms with Crippen LogP contribution in [-0.4, -0.2) is 24.4 Å². The maximum absolute atomic E-state index is 10.6. The Bertz CT molecular complexity index is 142. The van der Waals surface area contributed by atoms with Crippen LogP contribution in [0, 0.1) is 0 Å². The fourth-order valence-electron chi connectivity index (χ4n) is 0.388. The van der Waals surface area contributed by atoms with Crippen LogP contribution >= 0.6 is 0 Å². The number of hydrogen-bond donors (Lipinski definition) is 1. The molecule has 0 rings (SSSR count). The van der Waals surface area contributed by atoms with E-state index in [1.165, 1.54) is 6.92 Å². The van der Waals surface area contributed by atoms with Gasteiger partial charge in [-0.05, 0) is 13.8 Å². The van der Waals surface area contributed by atoms with Crippen LogP contribution in [0.2, 0.25) is 0 Å². The predicted molar refractivity (Wildman–Crippen MR) is 35.3 cm³/mol. The standard InChI is InChI=1S/C6H11NO3/c1-3-10-6(9)5(8)4(2)7/h4H,3,7H2,1-2H3. The van der Waals surface area contributed by atoms with E-state index in [0.717, 1.165) is 0 Å². The molecule has 0 saturated carbocycles. The summed E-state index contributed by atoms with van der Waals surface area (Å²) in [5, 5.41) is 0. The minimum atomic E-state index is -0.850. The zero-order valence-electron chi connectivity index (χ0n) is 6.09. The average Bonchev–Trinajstić information content (AvgIpc) is 1.87. The van der Waals surface area contributed by atoms with Gasteiger partial charge in [0.05, 0.1) is 12.6 Å². The van der Waals surface area contributed by atoms with Crippen molar-refractivity contribution in [3.8, 4) is 0 Å². The highest BCUT2D eigenvalue weighted by Crippen LogP contribution is 1.84. The number of esters is 1. The van der Waals surface area contributed by atoms with Crippen molar-refractivity contribution in [1.82, 2.24) is 0 Å². The molecule has 1 atom stereocenters. The highest BCUT2D eigenvalue weighted by molar-refractivity contribution is 6.35. The number of carbonyl (C=O) groups excluding carboxylic acids is 2. The molecule has 10 heavy (non-hydrogen) atoms. The Labute approximate surface area is 59.3 Å². The maximum Gasteiger partial charge on any atom is 0.376 e. The van der Waals surface area contributed by atoms with E-state index in [2.05, 4.69) is 4.74 Å². The minimum Gasteiger partial charge on any atom is -0.460 e. The third-order valence-electron chi connectivity index (χ3n) is 0.890. The van der Waals surface area contributed by atoms with Gasteiger partial charge in [0, 0.05) is 0 Å². The highest BCUT2D eigenvalue weighted by atomic mass is 16.5. The Hall–Kier alpha value is -0.900. The summed E-state index contributed by atoms with van der Waals surface area (Å²) < 4.78 is 4.40. The smallest absolute Gasteiger partial charge is 0.376 e. The maximum atomic E-state index is 10.6. The van der Waals surface area contributed by atoms with Gasteiger partial charge < -0.3 is 10.5 Å². The van der Waals surface area contributed by atoms with Crippen molar-refractivity contribution in [2.75, 3.05) is 6.61 Å². The summed E-state index contributed by atoms with van der Waals surface area (Å²) in [5.41, 5.74) is 5.12. The Morgan fingerprint density at radius 2 is 2.10 bits per heavy atom. The summed E-state index contributed by atoms with van der Waals surface area (Å²) in [6, 6.07) is -0.765. The van der Waals surface area contributed by atoms with Crippen molar-refractivity contribution in [3.63, 3.8) is 0 Å². The lowest BCUT2D eigenvalue weighted by Gasteiger charge is -2.01. The number of Topliss-reactive ketones (excluding diaryl/α,β-unsaturated/α-hetero) is 1. The molecular weight excluding hydrogens is 134 g/mol. The number of nitrogens with two attached hydrogens (primary N) is 1. The van der Waals surface area contributed by atoms with Crippen LogP contribution in [0.25, 0.3) is 0 Å².